The SMILES string of the molecule is CSCC(C)N(C)S(=O)(=O)c1cc(F)ccc1C(=O)O. The molecule has 0 bridgehead atoms. The molecule has 0 aromatic heterocycles. The van der Waals surface area contributed by atoms with Crippen molar-refractivity contribution in [1.29, 1.82) is 0 Å². The number of rotatable bonds is 6. The molecule has 0 radical (unpaired) electrons. The van der Waals surface area contributed by atoms with Gasteiger partial charge in [-0.1, -0.05) is 0 Å². The summed E-state index contributed by atoms with van der Waals surface area (Å²) < 4.78 is 39.2. The Hall–Kier alpha value is -1.12. The Bertz CT molecular complexity index is 603. The van der Waals surface area contributed by atoms with E-state index in [0.717, 1.165) is 22.5 Å². The average Bonchev–Trinajstić information content (AvgIpc) is 2.37. The van der Waals surface area contributed by atoms with E-state index in [-0.39, 0.29) is 6.04 Å². The van der Waals surface area contributed by atoms with Crippen LogP contribution in [0.1, 0.15) is 17.3 Å². The average molecular weight is 321 g/mol. The first-order valence-electron chi connectivity index (χ1n) is 5.71. The van der Waals surface area contributed by atoms with Gasteiger partial charge in [0.2, 0.25) is 10.0 Å². The van der Waals surface area contributed by atoms with Crippen LogP contribution in [0.5, 0.6) is 0 Å². The maximum Gasteiger partial charge on any atom is 0.337 e. The van der Waals surface area contributed by atoms with E-state index in [4.69, 9.17) is 5.11 Å². The third-order valence-electron chi connectivity index (χ3n) is 2.86. The Kier molecular flexibility index (Phi) is 5.55. The lowest BCUT2D eigenvalue weighted by Crippen LogP contribution is -2.37. The summed E-state index contributed by atoms with van der Waals surface area (Å²) in [5.74, 6) is -1.65. The third-order valence-corrected chi connectivity index (χ3v) is 5.69. The normalized spacial score (nSPS) is 13.4. The molecule has 1 rings (SSSR count). The van der Waals surface area contributed by atoms with Crippen LogP contribution >= 0.6 is 11.8 Å². The molecule has 1 atom stereocenters. The van der Waals surface area contributed by atoms with E-state index in [9.17, 15) is 17.6 Å². The van der Waals surface area contributed by atoms with Crippen molar-refractivity contribution in [2.45, 2.75) is 17.9 Å². The summed E-state index contributed by atoms with van der Waals surface area (Å²) in [5.41, 5.74) is -0.436. The highest BCUT2D eigenvalue weighted by atomic mass is 32.2. The lowest BCUT2D eigenvalue weighted by Gasteiger charge is -2.24. The highest BCUT2D eigenvalue weighted by Crippen LogP contribution is 2.23. The number of hydrogen-bond donors (Lipinski definition) is 1. The number of halogens is 1. The van der Waals surface area contributed by atoms with E-state index in [0.29, 0.717) is 5.75 Å². The van der Waals surface area contributed by atoms with Crippen LogP contribution in [0.25, 0.3) is 0 Å². The van der Waals surface area contributed by atoms with Crippen molar-refractivity contribution >= 4 is 27.8 Å². The van der Waals surface area contributed by atoms with Gasteiger partial charge in [0.25, 0.3) is 0 Å². The lowest BCUT2D eigenvalue weighted by molar-refractivity contribution is 0.0692. The molecule has 1 unspecified atom stereocenters. The highest BCUT2D eigenvalue weighted by Gasteiger charge is 2.29. The van der Waals surface area contributed by atoms with E-state index in [1.807, 2.05) is 6.26 Å². The molecule has 1 N–H and O–H groups in total. The second-order valence-electron chi connectivity index (χ2n) is 4.27. The Morgan fingerprint density at radius 3 is 2.60 bits per heavy atom. The molecule has 0 aliphatic carbocycles. The van der Waals surface area contributed by atoms with Gasteiger partial charge >= 0.3 is 5.97 Å². The molecule has 1 aromatic rings. The molecule has 20 heavy (non-hydrogen) atoms. The fourth-order valence-corrected chi connectivity index (χ4v) is 3.98. The van der Waals surface area contributed by atoms with Crippen LogP contribution in [0.3, 0.4) is 0 Å². The van der Waals surface area contributed by atoms with Crippen LogP contribution in [-0.2, 0) is 10.0 Å². The number of nitrogens with zero attached hydrogens (tertiary/aromatic N) is 1. The molecule has 1 aromatic carbocycles. The van der Waals surface area contributed by atoms with Crippen molar-refractivity contribution in [3.63, 3.8) is 0 Å². The molecule has 0 amide bonds. The molecule has 0 aliphatic heterocycles. The number of aromatic carboxylic acids is 1. The second-order valence-corrected chi connectivity index (χ2v) is 7.15. The minimum absolute atomic E-state index is 0.333. The van der Waals surface area contributed by atoms with Gasteiger partial charge in [-0.15, -0.1) is 0 Å². The zero-order valence-corrected chi connectivity index (χ0v) is 13.0. The van der Waals surface area contributed by atoms with E-state index in [2.05, 4.69) is 0 Å². The van der Waals surface area contributed by atoms with Gasteiger partial charge in [-0.3, -0.25) is 0 Å². The second kappa shape index (κ2) is 6.55. The quantitative estimate of drug-likeness (QED) is 0.866. The van der Waals surface area contributed by atoms with Crippen molar-refractivity contribution < 1.29 is 22.7 Å². The van der Waals surface area contributed by atoms with E-state index in [1.54, 1.807) is 6.92 Å². The zero-order valence-electron chi connectivity index (χ0n) is 11.3. The predicted molar refractivity (Wildman–Crippen MR) is 76.2 cm³/mol. The molecule has 0 heterocycles. The van der Waals surface area contributed by atoms with Gasteiger partial charge in [-0.25, -0.2) is 17.6 Å². The zero-order chi connectivity index (χ0) is 15.5. The first-order chi connectivity index (χ1) is 9.21. The van der Waals surface area contributed by atoms with Crippen molar-refractivity contribution in [2.75, 3.05) is 19.1 Å². The third kappa shape index (κ3) is 3.50. The first-order valence-corrected chi connectivity index (χ1v) is 8.55. The summed E-state index contributed by atoms with van der Waals surface area (Å²) in [4.78, 5) is 10.6. The van der Waals surface area contributed by atoms with Crippen LogP contribution < -0.4 is 0 Å². The molecule has 5 nitrogen and oxygen atoms in total. The van der Waals surface area contributed by atoms with Gasteiger partial charge in [0.05, 0.1) is 10.5 Å². The van der Waals surface area contributed by atoms with Crippen LogP contribution in [0.2, 0.25) is 0 Å². The van der Waals surface area contributed by atoms with Crippen LogP contribution in [0.4, 0.5) is 4.39 Å². The van der Waals surface area contributed by atoms with Crippen LogP contribution in [0.15, 0.2) is 23.1 Å². The molecular weight excluding hydrogens is 305 g/mol. The molecule has 0 saturated carbocycles. The minimum atomic E-state index is -4.06. The number of carboxylic acids is 1. The molecular formula is C12H16FNO4S2. The van der Waals surface area contributed by atoms with Crippen molar-refractivity contribution in [3.8, 4) is 0 Å². The summed E-state index contributed by atoms with van der Waals surface area (Å²) in [6.45, 7) is 1.70. The number of hydrogen-bond acceptors (Lipinski definition) is 4. The summed E-state index contributed by atoms with van der Waals surface area (Å²) in [6, 6.07) is 2.28. The minimum Gasteiger partial charge on any atom is -0.478 e. The fourth-order valence-electron chi connectivity index (χ4n) is 1.62. The Morgan fingerprint density at radius 2 is 2.10 bits per heavy atom. The van der Waals surface area contributed by atoms with Crippen LogP contribution in [-0.4, -0.2) is 48.9 Å². The number of benzene rings is 1. The summed E-state index contributed by atoms with van der Waals surface area (Å²) in [6.07, 6.45) is 1.84. The number of carbonyl (C=O) groups is 1. The molecule has 0 saturated heterocycles. The van der Waals surface area contributed by atoms with Gasteiger partial charge < -0.3 is 5.11 Å². The maximum atomic E-state index is 13.3. The molecule has 8 heteroatoms. The Labute approximate surface area is 121 Å². The fraction of sp³-hybridized carbons (Fsp3) is 0.417. The summed E-state index contributed by atoms with van der Waals surface area (Å²) >= 11 is 1.47. The van der Waals surface area contributed by atoms with Crippen LogP contribution in [0, 0.1) is 5.82 Å². The first kappa shape index (κ1) is 16.9. The van der Waals surface area contributed by atoms with E-state index in [1.165, 1.54) is 18.8 Å². The Morgan fingerprint density at radius 1 is 1.50 bits per heavy atom. The standard InChI is InChI=1S/C12H16FNO4S2/c1-8(7-19-3)14(2)20(17,18)11-6-9(13)4-5-10(11)12(15)16/h4-6,8H,7H2,1-3H3,(H,15,16). The molecule has 0 fully saturated rings. The Balaban J connectivity index is 3.34. The van der Waals surface area contributed by atoms with Gasteiger partial charge in [0.1, 0.15) is 5.82 Å². The summed E-state index contributed by atoms with van der Waals surface area (Å²) in [7, 11) is -2.71. The molecule has 0 aliphatic rings. The highest BCUT2D eigenvalue weighted by molar-refractivity contribution is 7.98. The van der Waals surface area contributed by atoms with Gasteiger partial charge in [0, 0.05) is 18.8 Å². The van der Waals surface area contributed by atoms with Crippen molar-refractivity contribution in [1.82, 2.24) is 4.31 Å². The largest absolute Gasteiger partial charge is 0.478 e. The number of thioether (sulfide) groups is 1. The number of sulfonamides is 1. The monoisotopic (exact) mass is 321 g/mol. The van der Waals surface area contributed by atoms with Gasteiger partial charge in [0.15, 0.2) is 0 Å². The van der Waals surface area contributed by atoms with Gasteiger partial charge in [-0.2, -0.15) is 16.1 Å². The van der Waals surface area contributed by atoms with Crippen molar-refractivity contribution in [2.24, 2.45) is 0 Å². The smallest absolute Gasteiger partial charge is 0.337 e. The summed E-state index contributed by atoms with van der Waals surface area (Å²) in [5, 5.41) is 9.03. The van der Waals surface area contributed by atoms with Gasteiger partial charge in [-0.05, 0) is 31.4 Å². The lowest BCUT2D eigenvalue weighted by atomic mass is 10.2. The predicted octanol–water partition coefficient (Wildman–Crippen LogP) is 1.90. The van der Waals surface area contributed by atoms with E-state index < -0.39 is 32.3 Å². The van der Waals surface area contributed by atoms with E-state index >= 15 is 0 Å². The van der Waals surface area contributed by atoms with Crippen molar-refractivity contribution in [3.05, 3.63) is 29.6 Å². The number of carboxylic acid groups (broad SMARTS) is 1. The molecule has 112 valence electrons. The topological polar surface area (TPSA) is 74.7 Å². The molecule has 0 spiro atoms. The maximum absolute atomic E-state index is 13.3.